The number of pyridine rings is 1. The fourth-order valence-corrected chi connectivity index (χ4v) is 2.96. The van der Waals surface area contributed by atoms with Crippen LogP contribution in [0.5, 0.6) is 0 Å². The van der Waals surface area contributed by atoms with E-state index in [9.17, 15) is 9.59 Å². The van der Waals surface area contributed by atoms with Gasteiger partial charge in [-0.25, -0.2) is 0 Å². The van der Waals surface area contributed by atoms with Gasteiger partial charge in [-0.15, -0.1) is 0 Å². The summed E-state index contributed by atoms with van der Waals surface area (Å²) in [5.74, 6) is -0.332. The summed E-state index contributed by atoms with van der Waals surface area (Å²) in [6, 6.07) is 8.73. The number of benzene rings is 1. The molecule has 1 heterocycles. The maximum atomic E-state index is 12.0. The zero-order valence-electron chi connectivity index (χ0n) is 12.2. The van der Waals surface area contributed by atoms with E-state index in [2.05, 4.69) is 38.2 Å². The minimum absolute atomic E-state index is 0.118. The quantitative estimate of drug-likeness (QED) is 0.675. The van der Waals surface area contributed by atoms with Gasteiger partial charge in [-0.2, -0.15) is 0 Å². The van der Waals surface area contributed by atoms with Crippen molar-refractivity contribution >= 4 is 46.0 Å². The first kappa shape index (κ1) is 17.7. The molecular weight excluding hydrogens is 429 g/mol. The number of hydrogen-bond donors (Lipinski definition) is 2. The molecule has 1 aromatic carbocycles. The van der Waals surface area contributed by atoms with Crippen LogP contribution >= 0.6 is 34.2 Å². The molecule has 0 fully saturated rings. The third-order valence-corrected chi connectivity index (χ3v) is 4.18. The van der Waals surface area contributed by atoms with E-state index in [4.69, 9.17) is 11.6 Å². The lowest BCUT2D eigenvalue weighted by molar-refractivity contribution is -0.121. The van der Waals surface area contributed by atoms with Crippen LogP contribution in [0.25, 0.3) is 0 Å². The summed E-state index contributed by atoms with van der Waals surface area (Å²) < 4.78 is 0.773. The standard InChI is InChI=1S/C16H15ClIN3O2/c17-12-1-2-13(14(18)9-12)16(23)20-8-5-15(22)21-10-11-3-6-19-7-4-11/h1-4,6-7,9H,5,8,10H2,(H,20,23)(H,21,22). The van der Waals surface area contributed by atoms with Gasteiger partial charge in [0.25, 0.3) is 5.91 Å². The summed E-state index contributed by atoms with van der Waals surface area (Å²) in [5, 5.41) is 6.11. The van der Waals surface area contributed by atoms with E-state index in [1.54, 1.807) is 30.6 Å². The van der Waals surface area contributed by atoms with Gasteiger partial charge in [0, 0.05) is 40.5 Å². The summed E-state index contributed by atoms with van der Waals surface area (Å²) in [6.07, 6.45) is 3.58. The Morgan fingerprint density at radius 2 is 1.87 bits per heavy atom. The molecule has 2 rings (SSSR count). The minimum Gasteiger partial charge on any atom is -0.352 e. The molecule has 2 N–H and O–H groups in total. The maximum Gasteiger partial charge on any atom is 0.252 e. The monoisotopic (exact) mass is 443 g/mol. The molecule has 0 bridgehead atoms. The first-order valence-electron chi connectivity index (χ1n) is 6.95. The summed E-state index contributed by atoms with van der Waals surface area (Å²) in [4.78, 5) is 27.7. The van der Waals surface area contributed by atoms with Gasteiger partial charge in [0.1, 0.15) is 0 Å². The molecule has 7 heteroatoms. The molecule has 1 aromatic heterocycles. The zero-order chi connectivity index (χ0) is 16.7. The number of carbonyl (C=O) groups excluding carboxylic acids is 2. The number of halogens is 2. The van der Waals surface area contributed by atoms with E-state index in [1.165, 1.54) is 0 Å². The highest BCUT2D eigenvalue weighted by atomic mass is 127. The highest BCUT2D eigenvalue weighted by molar-refractivity contribution is 14.1. The van der Waals surface area contributed by atoms with Crippen molar-refractivity contribution in [3.05, 3.63) is 62.4 Å². The van der Waals surface area contributed by atoms with Crippen molar-refractivity contribution in [2.45, 2.75) is 13.0 Å². The average molecular weight is 444 g/mol. The second-order valence-corrected chi connectivity index (χ2v) is 6.36. The molecule has 0 aliphatic rings. The number of hydrogen-bond acceptors (Lipinski definition) is 3. The van der Waals surface area contributed by atoms with E-state index in [-0.39, 0.29) is 24.8 Å². The number of nitrogens with one attached hydrogen (secondary N) is 2. The van der Waals surface area contributed by atoms with Gasteiger partial charge in [0.05, 0.1) is 5.56 Å². The number of rotatable bonds is 6. The van der Waals surface area contributed by atoms with E-state index in [1.807, 2.05) is 12.1 Å². The first-order valence-corrected chi connectivity index (χ1v) is 8.41. The number of aromatic nitrogens is 1. The highest BCUT2D eigenvalue weighted by Crippen LogP contribution is 2.17. The average Bonchev–Trinajstić information content (AvgIpc) is 2.53. The molecule has 0 radical (unpaired) electrons. The third kappa shape index (κ3) is 5.80. The van der Waals surface area contributed by atoms with Gasteiger partial charge in [-0.1, -0.05) is 11.6 Å². The second-order valence-electron chi connectivity index (χ2n) is 4.76. The third-order valence-electron chi connectivity index (χ3n) is 3.05. The van der Waals surface area contributed by atoms with Crippen LogP contribution in [-0.4, -0.2) is 23.3 Å². The molecule has 0 spiro atoms. The smallest absolute Gasteiger partial charge is 0.252 e. The Balaban J connectivity index is 1.73. The lowest BCUT2D eigenvalue weighted by Gasteiger charge is -2.08. The van der Waals surface area contributed by atoms with E-state index < -0.39 is 0 Å². The molecule has 0 saturated heterocycles. The Morgan fingerprint density at radius 3 is 2.57 bits per heavy atom. The Morgan fingerprint density at radius 1 is 1.13 bits per heavy atom. The van der Waals surface area contributed by atoms with Crippen molar-refractivity contribution < 1.29 is 9.59 Å². The van der Waals surface area contributed by atoms with Gasteiger partial charge in [-0.3, -0.25) is 14.6 Å². The van der Waals surface area contributed by atoms with E-state index >= 15 is 0 Å². The fraction of sp³-hybridized carbons (Fsp3) is 0.188. The normalized spacial score (nSPS) is 10.2. The number of amides is 2. The van der Waals surface area contributed by atoms with Crippen LogP contribution in [0.1, 0.15) is 22.3 Å². The Bertz CT molecular complexity index is 695. The SMILES string of the molecule is O=C(CCNC(=O)c1ccc(Cl)cc1I)NCc1ccncc1. The van der Waals surface area contributed by atoms with Gasteiger partial charge in [0.15, 0.2) is 0 Å². The van der Waals surface area contributed by atoms with Crippen molar-refractivity contribution in [1.82, 2.24) is 15.6 Å². The predicted molar refractivity (Wildman–Crippen MR) is 97.2 cm³/mol. The van der Waals surface area contributed by atoms with Crippen molar-refractivity contribution in [3.63, 3.8) is 0 Å². The Hall–Kier alpha value is -1.67. The van der Waals surface area contributed by atoms with Crippen LogP contribution in [0.2, 0.25) is 5.02 Å². The molecule has 0 atom stereocenters. The number of carbonyl (C=O) groups is 2. The molecule has 120 valence electrons. The second kappa shape index (κ2) is 8.83. The molecule has 0 aliphatic carbocycles. The molecule has 0 aliphatic heterocycles. The minimum atomic E-state index is -0.215. The topological polar surface area (TPSA) is 71.1 Å². The van der Waals surface area contributed by atoms with Crippen molar-refractivity contribution in [2.24, 2.45) is 0 Å². The molecule has 2 amide bonds. The summed E-state index contributed by atoms with van der Waals surface area (Å²) in [6.45, 7) is 0.726. The molecule has 0 unspecified atom stereocenters. The van der Waals surface area contributed by atoms with Crippen molar-refractivity contribution in [3.8, 4) is 0 Å². The molecule has 23 heavy (non-hydrogen) atoms. The molecular formula is C16H15ClIN3O2. The fourth-order valence-electron chi connectivity index (χ4n) is 1.85. The first-order chi connectivity index (χ1) is 11.1. The largest absolute Gasteiger partial charge is 0.352 e. The van der Waals surface area contributed by atoms with E-state index in [0.717, 1.165) is 9.13 Å². The molecule has 2 aromatic rings. The van der Waals surface area contributed by atoms with Gasteiger partial charge in [0.2, 0.25) is 5.91 Å². The van der Waals surface area contributed by atoms with Crippen LogP contribution in [0.3, 0.4) is 0 Å². The molecule has 5 nitrogen and oxygen atoms in total. The Kier molecular flexibility index (Phi) is 6.79. The van der Waals surface area contributed by atoms with Crippen molar-refractivity contribution in [1.29, 1.82) is 0 Å². The summed E-state index contributed by atoms with van der Waals surface area (Å²) >= 11 is 7.92. The lowest BCUT2D eigenvalue weighted by Crippen LogP contribution is -2.30. The van der Waals surface area contributed by atoms with Crippen LogP contribution in [0.4, 0.5) is 0 Å². The van der Waals surface area contributed by atoms with Gasteiger partial charge < -0.3 is 10.6 Å². The predicted octanol–water partition coefficient (Wildman–Crippen LogP) is 2.78. The van der Waals surface area contributed by atoms with Gasteiger partial charge >= 0.3 is 0 Å². The zero-order valence-corrected chi connectivity index (χ0v) is 15.1. The summed E-state index contributed by atoms with van der Waals surface area (Å²) in [7, 11) is 0. The maximum absolute atomic E-state index is 12.0. The summed E-state index contributed by atoms with van der Waals surface area (Å²) in [5.41, 5.74) is 1.53. The molecule has 0 saturated carbocycles. The van der Waals surface area contributed by atoms with Crippen LogP contribution in [0.15, 0.2) is 42.7 Å². The van der Waals surface area contributed by atoms with Gasteiger partial charge in [-0.05, 0) is 58.5 Å². The number of nitrogens with zero attached hydrogens (tertiary/aromatic N) is 1. The van der Waals surface area contributed by atoms with Crippen LogP contribution in [-0.2, 0) is 11.3 Å². The van der Waals surface area contributed by atoms with Crippen LogP contribution < -0.4 is 10.6 Å². The highest BCUT2D eigenvalue weighted by Gasteiger charge is 2.10. The van der Waals surface area contributed by atoms with E-state index in [0.29, 0.717) is 17.1 Å². The van der Waals surface area contributed by atoms with Crippen LogP contribution in [0, 0.1) is 3.57 Å². The van der Waals surface area contributed by atoms with Crippen molar-refractivity contribution in [2.75, 3.05) is 6.54 Å². The Labute approximate surface area is 153 Å². The lowest BCUT2D eigenvalue weighted by atomic mass is 10.2.